The van der Waals surface area contributed by atoms with Crippen molar-refractivity contribution in [3.63, 3.8) is 0 Å². The lowest BCUT2D eigenvalue weighted by molar-refractivity contribution is 0.0406. The normalized spacial score (nSPS) is 25.3. The zero-order valence-electron chi connectivity index (χ0n) is 10.5. The summed E-state index contributed by atoms with van der Waals surface area (Å²) in [7, 11) is 1.93. The predicted molar refractivity (Wildman–Crippen MR) is 69.8 cm³/mol. The molecule has 0 aromatic heterocycles. The Morgan fingerprint density at radius 3 is 2.82 bits per heavy atom. The second-order valence-electron chi connectivity index (χ2n) is 5.02. The number of β-amino-alcohol motifs (C(OH)–C–C–N with tert-alkyl or cyclic N) is 1. The van der Waals surface area contributed by atoms with E-state index in [1.54, 1.807) is 0 Å². The largest absolute Gasteiger partial charge is 0.388 e. The molecular weight excluding hydrogens is 212 g/mol. The second kappa shape index (κ2) is 5.63. The van der Waals surface area contributed by atoms with Gasteiger partial charge in [0.1, 0.15) is 0 Å². The highest BCUT2D eigenvalue weighted by atomic mass is 16.3. The number of nitrogens with zero attached hydrogens (tertiary/aromatic N) is 1. The maximum absolute atomic E-state index is 10.4. The van der Waals surface area contributed by atoms with Gasteiger partial charge in [0, 0.05) is 19.6 Å². The monoisotopic (exact) mass is 234 g/mol. The maximum atomic E-state index is 10.4. The molecule has 3 nitrogen and oxygen atoms in total. The van der Waals surface area contributed by atoms with E-state index in [0.717, 1.165) is 39.0 Å². The molecule has 1 atom stereocenters. The summed E-state index contributed by atoms with van der Waals surface area (Å²) in [6, 6.07) is 10.5. The van der Waals surface area contributed by atoms with Crippen LogP contribution in [0.15, 0.2) is 30.3 Å². The fraction of sp³-hybridized carbons (Fsp3) is 0.571. The molecule has 0 aliphatic carbocycles. The minimum Gasteiger partial charge on any atom is -0.388 e. The van der Waals surface area contributed by atoms with E-state index >= 15 is 0 Å². The van der Waals surface area contributed by atoms with Crippen molar-refractivity contribution >= 4 is 0 Å². The molecule has 0 bridgehead atoms. The predicted octanol–water partition coefficient (Wildman–Crippen LogP) is 1.23. The van der Waals surface area contributed by atoms with Crippen molar-refractivity contribution in [3.8, 4) is 0 Å². The Kier molecular flexibility index (Phi) is 4.15. The highest BCUT2D eigenvalue weighted by Gasteiger charge is 2.35. The highest BCUT2D eigenvalue weighted by molar-refractivity contribution is 5.14. The molecule has 2 rings (SSSR count). The van der Waals surface area contributed by atoms with Gasteiger partial charge in [-0.25, -0.2) is 0 Å². The number of hydrogen-bond donors (Lipinski definition) is 2. The third-order valence-electron chi connectivity index (χ3n) is 3.50. The second-order valence-corrected chi connectivity index (χ2v) is 5.02. The smallest absolute Gasteiger partial charge is 0.0798 e. The molecule has 1 aliphatic rings. The van der Waals surface area contributed by atoms with Gasteiger partial charge in [0.15, 0.2) is 0 Å². The molecule has 0 spiro atoms. The van der Waals surface area contributed by atoms with Crippen molar-refractivity contribution in [2.75, 3.05) is 26.7 Å². The van der Waals surface area contributed by atoms with Crippen LogP contribution >= 0.6 is 0 Å². The summed E-state index contributed by atoms with van der Waals surface area (Å²) >= 11 is 0. The van der Waals surface area contributed by atoms with Gasteiger partial charge in [0.05, 0.1) is 5.60 Å². The van der Waals surface area contributed by atoms with Gasteiger partial charge >= 0.3 is 0 Å². The highest BCUT2D eigenvalue weighted by Crippen LogP contribution is 2.25. The fourth-order valence-electron chi connectivity index (χ4n) is 2.48. The van der Waals surface area contributed by atoms with Gasteiger partial charge in [-0.05, 0) is 32.0 Å². The molecule has 0 radical (unpaired) electrons. The summed E-state index contributed by atoms with van der Waals surface area (Å²) in [5, 5.41) is 13.5. The zero-order chi connectivity index (χ0) is 12.1. The fourth-order valence-corrected chi connectivity index (χ4v) is 2.48. The van der Waals surface area contributed by atoms with Gasteiger partial charge in [0.25, 0.3) is 0 Å². The Morgan fingerprint density at radius 2 is 2.12 bits per heavy atom. The van der Waals surface area contributed by atoms with E-state index in [-0.39, 0.29) is 0 Å². The summed E-state index contributed by atoms with van der Waals surface area (Å²) in [4.78, 5) is 2.34. The van der Waals surface area contributed by atoms with E-state index in [0.29, 0.717) is 0 Å². The topological polar surface area (TPSA) is 35.5 Å². The number of likely N-dealkylation sites (tertiary alicyclic amines) is 1. The maximum Gasteiger partial charge on any atom is 0.0798 e. The first-order valence-corrected chi connectivity index (χ1v) is 6.35. The average molecular weight is 234 g/mol. The molecule has 3 heteroatoms. The van der Waals surface area contributed by atoms with Crippen LogP contribution in [0.5, 0.6) is 0 Å². The molecule has 1 unspecified atom stereocenters. The van der Waals surface area contributed by atoms with E-state index in [4.69, 9.17) is 0 Å². The SMILES string of the molecule is CNCCC1(O)CCN(Cc2ccccc2)C1. The van der Waals surface area contributed by atoms with Crippen molar-refractivity contribution in [2.45, 2.75) is 25.0 Å². The Morgan fingerprint density at radius 1 is 1.35 bits per heavy atom. The van der Waals surface area contributed by atoms with Gasteiger partial charge in [-0.1, -0.05) is 30.3 Å². The molecule has 1 heterocycles. The molecular formula is C14H22N2O. The first-order chi connectivity index (χ1) is 8.22. The summed E-state index contributed by atoms with van der Waals surface area (Å²) < 4.78 is 0. The Bertz CT molecular complexity index is 341. The van der Waals surface area contributed by atoms with Gasteiger partial charge in [-0.3, -0.25) is 4.90 Å². The van der Waals surface area contributed by atoms with Crippen LogP contribution in [0.3, 0.4) is 0 Å². The lowest BCUT2D eigenvalue weighted by Crippen LogP contribution is -2.35. The standard InChI is InChI=1S/C14H22N2O/c1-15-9-7-14(17)8-10-16(12-14)11-13-5-3-2-4-6-13/h2-6,15,17H,7-12H2,1H3. The van der Waals surface area contributed by atoms with Crippen LogP contribution in [0, 0.1) is 0 Å². The summed E-state index contributed by atoms with van der Waals surface area (Å²) in [6.45, 7) is 3.62. The first-order valence-electron chi connectivity index (χ1n) is 6.35. The number of aliphatic hydroxyl groups is 1. The lowest BCUT2D eigenvalue weighted by Gasteiger charge is -2.23. The molecule has 0 saturated carbocycles. The molecule has 1 aliphatic heterocycles. The molecule has 94 valence electrons. The summed E-state index contributed by atoms with van der Waals surface area (Å²) in [5.74, 6) is 0. The van der Waals surface area contributed by atoms with Crippen LogP contribution in [0.25, 0.3) is 0 Å². The van der Waals surface area contributed by atoms with Crippen LogP contribution in [0.1, 0.15) is 18.4 Å². The number of rotatable bonds is 5. The first kappa shape index (κ1) is 12.6. The van der Waals surface area contributed by atoms with Crippen LogP contribution in [0.2, 0.25) is 0 Å². The molecule has 2 N–H and O–H groups in total. The van der Waals surface area contributed by atoms with Crippen molar-refractivity contribution in [1.82, 2.24) is 10.2 Å². The molecule has 0 amide bonds. The van der Waals surface area contributed by atoms with Gasteiger partial charge < -0.3 is 10.4 Å². The van der Waals surface area contributed by atoms with E-state index < -0.39 is 5.60 Å². The summed E-state index contributed by atoms with van der Waals surface area (Å²) in [5.41, 5.74) is 0.836. The Balaban J connectivity index is 1.85. The van der Waals surface area contributed by atoms with Crippen molar-refractivity contribution < 1.29 is 5.11 Å². The minimum absolute atomic E-state index is 0.488. The average Bonchev–Trinajstić information content (AvgIpc) is 2.70. The summed E-state index contributed by atoms with van der Waals surface area (Å²) in [6.07, 6.45) is 1.73. The Hall–Kier alpha value is -0.900. The van der Waals surface area contributed by atoms with Crippen LogP contribution in [-0.4, -0.2) is 42.3 Å². The van der Waals surface area contributed by atoms with Crippen LogP contribution in [-0.2, 0) is 6.54 Å². The quantitative estimate of drug-likeness (QED) is 0.804. The van der Waals surface area contributed by atoms with Crippen molar-refractivity contribution in [2.24, 2.45) is 0 Å². The molecule has 1 aromatic carbocycles. The van der Waals surface area contributed by atoms with Crippen LogP contribution < -0.4 is 5.32 Å². The Labute approximate surface area is 103 Å². The lowest BCUT2D eigenvalue weighted by atomic mass is 9.99. The van der Waals surface area contributed by atoms with Crippen molar-refractivity contribution in [3.05, 3.63) is 35.9 Å². The number of hydrogen-bond acceptors (Lipinski definition) is 3. The number of benzene rings is 1. The molecule has 1 aromatic rings. The van der Waals surface area contributed by atoms with Crippen molar-refractivity contribution in [1.29, 1.82) is 0 Å². The number of nitrogens with one attached hydrogen (secondary N) is 1. The van der Waals surface area contributed by atoms with Crippen LogP contribution in [0.4, 0.5) is 0 Å². The third-order valence-corrected chi connectivity index (χ3v) is 3.50. The zero-order valence-corrected chi connectivity index (χ0v) is 10.5. The van der Waals surface area contributed by atoms with E-state index in [2.05, 4.69) is 34.5 Å². The van der Waals surface area contributed by atoms with Gasteiger partial charge in [-0.2, -0.15) is 0 Å². The third kappa shape index (κ3) is 3.53. The van der Waals surface area contributed by atoms with Gasteiger partial charge in [0.2, 0.25) is 0 Å². The molecule has 17 heavy (non-hydrogen) atoms. The minimum atomic E-state index is -0.488. The van der Waals surface area contributed by atoms with E-state index in [1.165, 1.54) is 5.56 Å². The van der Waals surface area contributed by atoms with E-state index in [9.17, 15) is 5.11 Å². The van der Waals surface area contributed by atoms with E-state index in [1.807, 2.05) is 13.1 Å². The molecule has 1 saturated heterocycles. The molecule has 1 fully saturated rings. The van der Waals surface area contributed by atoms with Gasteiger partial charge in [-0.15, -0.1) is 0 Å².